The molecule has 2 rings (SSSR count). The van der Waals surface area contributed by atoms with E-state index in [-0.39, 0.29) is 11.8 Å². The third-order valence-corrected chi connectivity index (χ3v) is 4.33. The van der Waals surface area contributed by atoms with Crippen LogP contribution < -0.4 is 10.6 Å². The fourth-order valence-electron chi connectivity index (χ4n) is 2.20. The van der Waals surface area contributed by atoms with Gasteiger partial charge in [-0.3, -0.25) is 4.79 Å². The zero-order valence-electron chi connectivity index (χ0n) is 10.2. The molecule has 5 heteroatoms. The maximum Gasteiger partial charge on any atom is 0.227 e. The van der Waals surface area contributed by atoms with Crippen LogP contribution in [0.4, 0.5) is 5.69 Å². The van der Waals surface area contributed by atoms with Gasteiger partial charge in [0.2, 0.25) is 5.91 Å². The quantitative estimate of drug-likeness (QED) is 0.829. The van der Waals surface area contributed by atoms with Crippen LogP contribution in [0.25, 0.3) is 0 Å². The molecule has 1 fully saturated rings. The number of piperidine rings is 1. The Labute approximate surface area is 124 Å². The summed E-state index contributed by atoms with van der Waals surface area (Å²) in [6, 6.07) is 6.17. The van der Waals surface area contributed by atoms with Gasteiger partial charge in [0.1, 0.15) is 0 Å². The molecule has 2 unspecified atom stereocenters. The van der Waals surface area contributed by atoms with Crippen LogP contribution in [0.2, 0.25) is 0 Å². The average molecular weight is 376 g/mol. The molecule has 1 aliphatic rings. The van der Waals surface area contributed by atoms with Gasteiger partial charge in [-0.15, -0.1) is 0 Å². The predicted octanol–water partition coefficient (Wildman–Crippen LogP) is 3.54. The Kier molecular flexibility index (Phi) is 4.81. The van der Waals surface area contributed by atoms with Crippen LogP contribution in [-0.2, 0) is 4.79 Å². The van der Waals surface area contributed by atoms with E-state index in [1.165, 1.54) is 0 Å². The van der Waals surface area contributed by atoms with Gasteiger partial charge >= 0.3 is 0 Å². The molecule has 0 saturated carbocycles. The minimum atomic E-state index is 0.108. The number of rotatable bonds is 2. The number of halogens is 2. The lowest BCUT2D eigenvalue weighted by Crippen LogP contribution is -2.40. The van der Waals surface area contributed by atoms with Crippen LogP contribution in [-0.4, -0.2) is 18.5 Å². The first-order valence-electron chi connectivity index (χ1n) is 6.05. The molecule has 0 spiro atoms. The smallest absolute Gasteiger partial charge is 0.227 e. The molecule has 1 aromatic carbocycles. The van der Waals surface area contributed by atoms with Gasteiger partial charge in [0, 0.05) is 20.9 Å². The molecule has 18 heavy (non-hydrogen) atoms. The maximum atomic E-state index is 12.2. The summed E-state index contributed by atoms with van der Waals surface area (Å²) in [6.07, 6.45) is 1.81. The van der Waals surface area contributed by atoms with Gasteiger partial charge in [-0.25, -0.2) is 0 Å². The van der Waals surface area contributed by atoms with Gasteiger partial charge in [-0.1, -0.05) is 15.9 Å². The van der Waals surface area contributed by atoms with Crippen molar-refractivity contribution >= 4 is 43.5 Å². The summed E-state index contributed by atoms with van der Waals surface area (Å²) in [5.41, 5.74) is 0.828. The summed E-state index contributed by atoms with van der Waals surface area (Å²) in [5.74, 6) is 0.225. The van der Waals surface area contributed by atoms with Gasteiger partial charge in [0.25, 0.3) is 0 Å². The van der Waals surface area contributed by atoms with Crippen molar-refractivity contribution in [1.82, 2.24) is 5.32 Å². The van der Waals surface area contributed by atoms with Crippen molar-refractivity contribution < 1.29 is 4.79 Å². The molecule has 98 valence electrons. The van der Waals surface area contributed by atoms with E-state index in [4.69, 9.17) is 0 Å². The third-order valence-electron chi connectivity index (χ3n) is 3.18. The highest BCUT2D eigenvalue weighted by atomic mass is 79.9. The summed E-state index contributed by atoms with van der Waals surface area (Å²) in [4.78, 5) is 12.2. The molecule has 1 aromatic rings. The standard InChI is InChI=1S/C13H16Br2N2O/c1-8-6-9(4-5-16-8)13(18)17-12-3-2-10(14)7-11(12)15/h2-3,7-9,16H,4-6H2,1H3,(H,17,18). The first-order chi connectivity index (χ1) is 8.56. The van der Waals surface area contributed by atoms with Crippen LogP contribution >= 0.6 is 31.9 Å². The Morgan fingerprint density at radius 1 is 1.44 bits per heavy atom. The number of amides is 1. The van der Waals surface area contributed by atoms with Crippen molar-refractivity contribution in [2.45, 2.75) is 25.8 Å². The van der Waals surface area contributed by atoms with Crippen molar-refractivity contribution in [2.75, 3.05) is 11.9 Å². The SMILES string of the molecule is CC1CC(C(=O)Nc2ccc(Br)cc2Br)CCN1. The van der Waals surface area contributed by atoms with Crippen molar-refractivity contribution in [1.29, 1.82) is 0 Å². The normalized spacial score (nSPS) is 23.7. The first-order valence-corrected chi connectivity index (χ1v) is 7.64. The zero-order valence-corrected chi connectivity index (χ0v) is 13.3. The molecule has 0 radical (unpaired) electrons. The van der Waals surface area contributed by atoms with Gasteiger partial charge in [0.05, 0.1) is 5.69 Å². The van der Waals surface area contributed by atoms with Crippen molar-refractivity contribution in [2.24, 2.45) is 5.92 Å². The molecule has 1 aliphatic heterocycles. The van der Waals surface area contributed by atoms with Crippen LogP contribution in [0.5, 0.6) is 0 Å². The third kappa shape index (κ3) is 3.56. The Hall–Kier alpha value is -0.390. The lowest BCUT2D eigenvalue weighted by atomic mass is 9.92. The lowest BCUT2D eigenvalue weighted by Gasteiger charge is -2.27. The van der Waals surface area contributed by atoms with Crippen molar-refractivity contribution in [3.05, 3.63) is 27.1 Å². The van der Waals surface area contributed by atoms with E-state index in [1.807, 2.05) is 18.2 Å². The second-order valence-electron chi connectivity index (χ2n) is 4.69. The second-order valence-corrected chi connectivity index (χ2v) is 6.46. The number of hydrogen-bond donors (Lipinski definition) is 2. The van der Waals surface area contributed by atoms with E-state index >= 15 is 0 Å². The molecule has 1 amide bonds. The number of hydrogen-bond acceptors (Lipinski definition) is 2. The summed E-state index contributed by atoms with van der Waals surface area (Å²) >= 11 is 6.85. The molecule has 0 aliphatic carbocycles. The van der Waals surface area contributed by atoms with Crippen LogP contribution in [0.15, 0.2) is 27.1 Å². The molecule has 1 heterocycles. The topological polar surface area (TPSA) is 41.1 Å². The Balaban J connectivity index is 2.02. The van der Waals surface area contributed by atoms with Crippen molar-refractivity contribution in [3.63, 3.8) is 0 Å². The van der Waals surface area contributed by atoms with E-state index in [0.717, 1.165) is 34.0 Å². The maximum absolute atomic E-state index is 12.2. The average Bonchev–Trinajstić information content (AvgIpc) is 2.32. The number of carbonyl (C=O) groups is 1. The lowest BCUT2D eigenvalue weighted by molar-refractivity contribution is -0.120. The summed E-state index contributed by atoms with van der Waals surface area (Å²) in [5, 5.41) is 6.35. The Morgan fingerprint density at radius 3 is 2.89 bits per heavy atom. The minimum absolute atomic E-state index is 0.108. The highest BCUT2D eigenvalue weighted by Gasteiger charge is 2.24. The molecule has 1 saturated heterocycles. The number of anilines is 1. The van der Waals surface area contributed by atoms with E-state index in [9.17, 15) is 4.79 Å². The fourth-order valence-corrected chi connectivity index (χ4v) is 3.34. The molecule has 0 aromatic heterocycles. The van der Waals surface area contributed by atoms with Gasteiger partial charge < -0.3 is 10.6 Å². The second kappa shape index (κ2) is 6.17. The minimum Gasteiger partial charge on any atom is -0.325 e. The van der Waals surface area contributed by atoms with Gasteiger partial charge in [-0.05, 0) is 60.4 Å². The molecular formula is C13H16Br2N2O. The summed E-state index contributed by atoms with van der Waals surface area (Å²) < 4.78 is 1.88. The van der Waals surface area contributed by atoms with Crippen molar-refractivity contribution in [3.8, 4) is 0 Å². The zero-order chi connectivity index (χ0) is 13.1. The molecule has 3 nitrogen and oxygen atoms in total. The fraction of sp³-hybridized carbons (Fsp3) is 0.462. The van der Waals surface area contributed by atoms with Gasteiger partial charge in [0.15, 0.2) is 0 Å². The van der Waals surface area contributed by atoms with Crippen LogP contribution in [0.1, 0.15) is 19.8 Å². The number of carbonyl (C=O) groups excluding carboxylic acids is 1. The first kappa shape index (κ1) is 14.0. The van der Waals surface area contributed by atoms with E-state index in [2.05, 4.69) is 49.4 Å². The summed E-state index contributed by atoms with van der Waals surface area (Å²) in [7, 11) is 0. The summed E-state index contributed by atoms with van der Waals surface area (Å²) in [6.45, 7) is 3.04. The number of benzene rings is 1. The highest BCUT2D eigenvalue weighted by Crippen LogP contribution is 2.27. The Morgan fingerprint density at radius 2 is 2.22 bits per heavy atom. The molecule has 0 bridgehead atoms. The predicted molar refractivity (Wildman–Crippen MR) is 80.7 cm³/mol. The van der Waals surface area contributed by atoms with E-state index < -0.39 is 0 Å². The van der Waals surface area contributed by atoms with Crippen LogP contribution in [0, 0.1) is 5.92 Å². The monoisotopic (exact) mass is 374 g/mol. The largest absolute Gasteiger partial charge is 0.325 e. The number of nitrogens with one attached hydrogen (secondary N) is 2. The Bertz CT molecular complexity index is 451. The van der Waals surface area contributed by atoms with Gasteiger partial charge in [-0.2, -0.15) is 0 Å². The molecule has 2 N–H and O–H groups in total. The molecule has 2 atom stereocenters. The van der Waals surface area contributed by atoms with E-state index in [0.29, 0.717) is 6.04 Å². The molecular weight excluding hydrogens is 360 g/mol. The van der Waals surface area contributed by atoms with Crippen LogP contribution in [0.3, 0.4) is 0 Å². The highest BCUT2D eigenvalue weighted by molar-refractivity contribution is 9.11. The van der Waals surface area contributed by atoms with E-state index in [1.54, 1.807) is 0 Å².